The average Bonchev–Trinajstić information content (AvgIpc) is 2.95. The molecule has 0 aromatic heterocycles. The van der Waals surface area contributed by atoms with Crippen LogP contribution in [0.5, 0.6) is 0 Å². The number of hydrogen-bond donors (Lipinski definition) is 1. The highest BCUT2D eigenvalue weighted by Gasteiger charge is 2.45. The summed E-state index contributed by atoms with van der Waals surface area (Å²) in [5.41, 5.74) is -0.997. The Balaban J connectivity index is 1.89. The largest absolute Gasteiger partial charge is 0.480 e. The van der Waals surface area contributed by atoms with E-state index in [4.69, 9.17) is 4.74 Å². The molecule has 0 bridgehead atoms. The van der Waals surface area contributed by atoms with E-state index >= 15 is 0 Å². The molecule has 0 aromatic rings. The first-order chi connectivity index (χ1) is 8.54. The number of carbonyl (C=O) groups excluding carboxylic acids is 1. The molecule has 2 heterocycles. The third kappa shape index (κ3) is 2.51. The summed E-state index contributed by atoms with van der Waals surface area (Å²) in [5, 5.41) is 9.26. The molecular formula is C13H21NO4. The first-order valence-corrected chi connectivity index (χ1v) is 6.65. The predicted octanol–water partition coefficient (Wildman–Crippen LogP) is 1.27. The summed E-state index contributed by atoms with van der Waals surface area (Å²) in [5.74, 6) is -0.450. The fourth-order valence-electron chi connectivity index (χ4n) is 2.86. The molecule has 0 spiro atoms. The molecule has 2 rings (SSSR count). The first-order valence-electron chi connectivity index (χ1n) is 6.65. The summed E-state index contributed by atoms with van der Waals surface area (Å²) in [4.78, 5) is 25.0. The van der Waals surface area contributed by atoms with Crippen molar-refractivity contribution >= 4 is 11.9 Å². The third-order valence-corrected chi connectivity index (χ3v) is 4.19. The maximum atomic E-state index is 12.1. The number of carboxylic acids is 1. The Morgan fingerprint density at radius 1 is 1.50 bits per heavy atom. The summed E-state index contributed by atoms with van der Waals surface area (Å²) in [6.45, 7) is 3.75. The number of nitrogens with zero attached hydrogens (tertiary/aromatic N) is 1. The van der Waals surface area contributed by atoms with Gasteiger partial charge >= 0.3 is 5.97 Å². The number of carboxylic acid groups (broad SMARTS) is 1. The lowest BCUT2D eigenvalue weighted by Crippen LogP contribution is -2.50. The van der Waals surface area contributed by atoms with Crippen molar-refractivity contribution in [1.82, 2.24) is 4.90 Å². The van der Waals surface area contributed by atoms with Crippen LogP contribution in [0.25, 0.3) is 0 Å². The maximum absolute atomic E-state index is 12.1. The van der Waals surface area contributed by atoms with E-state index in [0.29, 0.717) is 25.3 Å². The van der Waals surface area contributed by atoms with Gasteiger partial charge in [0.15, 0.2) is 0 Å². The Morgan fingerprint density at radius 3 is 2.89 bits per heavy atom. The molecule has 1 N–H and O–H groups in total. The van der Waals surface area contributed by atoms with Gasteiger partial charge in [-0.05, 0) is 38.5 Å². The van der Waals surface area contributed by atoms with Crippen molar-refractivity contribution in [2.24, 2.45) is 5.92 Å². The van der Waals surface area contributed by atoms with Crippen LogP contribution in [-0.2, 0) is 14.3 Å². The first kappa shape index (κ1) is 13.3. The van der Waals surface area contributed by atoms with Crippen molar-refractivity contribution in [1.29, 1.82) is 0 Å². The SMILES string of the molecule is C[C@@]1(C(=O)O)CCCN1C(=O)CC[C@H]1CCOC1. The smallest absolute Gasteiger partial charge is 0.329 e. The van der Waals surface area contributed by atoms with Crippen LogP contribution in [0, 0.1) is 5.92 Å². The van der Waals surface area contributed by atoms with Gasteiger partial charge in [-0.1, -0.05) is 0 Å². The van der Waals surface area contributed by atoms with Crippen molar-refractivity contribution in [2.45, 2.75) is 44.6 Å². The lowest BCUT2D eigenvalue weighted by atomic mass is 9.97. The van der Waals surface area contributed by atoms with Crippen molar-refractivity contribution in [3.63, 3.8) is 0 Å². The van der Waals surface area contributed by atoms with Crippen LogP contribution >= 0.6 is 0 Å². The van der Waals surface area contributed by atoms with E-state index in [-0.39, 0.29) is 5.91 Å². The molecule has 0 radical (unpaired) electrons. The Hall–Kier alpha value is -1.10. The highest BCUT2D eigenvalue weighted by molar-refractivity contribution is 5.87. The van der Waals surface area contributed by atoms with Crippen LogP contribution in [0.3, 0.4) is 0 Å². The molecule has 0 unspecified atom stereocenters. The molecule has 5 nitrogen and oxygen atoms in total. The van der Waals surface area contributed by atoms with Crippen molar-refractivity contribution in [2.75, 3.05) is 19.8 Å². The predicted molar refractivity (Wildman–Crippen MR) is 65.1 cm³/mol. The molecule has 0 aromatic carbocycles. The van der Waals surface area contributed by atoms with Gasteiger partial charge in [0.05, 0.1) is 0 Å². The minimum Gasteiger partial charge on any atom is -0.480 e. The molecule has 2 atom stereocenters. The van der Waals surface area contributed by atoms with Crippen LogP contribution in [0.2, 0.25) is 0 Å². The Bertz CT molecular complexity index is 338. The average molecular weight is 255 g/mol. The summed E-state index contributed by atoms with van der Waals surface area (Å²) in [7, 11) is 0. The number of likely N-dealkylation sites (tertiary alicyclic amines) is 1. The molecule has 0 aliphatic carbocycles. The molecule has 2 aliphatic heterocycles. The third-order valence-electron chi connectivity index (χ3n) is 4.19. The van der Waals surface area contributed by atoms with E-state index < -0.39 is 11.5 Å². The van der Waals surface area contributed by atoms with Crippen molar-refractivity contribution in [3.8, 4) is 0 Å². The maximum Gasteiger partial charge on any atom is 0.329 e. The van der Waals surface area contributed by atoms with E-state index in [9.17, 15) is 14.7 Å². The van der Waals surface area contributed by atoms with Crippen LogP contribution in [0.4, 0.5) is 0 Å². The number of ether oxygens (including phenoxy) is 1. The quantitative estimate of drug-likeness (QED) is 0.821. The summed E-state index contributed by atoms with van der Waals surface area (Å²) in [6.07, 6.45) is 3.60. The van der Waals surface area contributed by atoms with Crippen LogP contribution in [0.1, 0.15) is 39.0 Å². The van der Waals surface area contributed by atoms with Crippen LogP contribution in [0.15, 0.2) is 0 Å². The molecular weight excluding hydrogens is 234 g/mol. The second kappa shape index (κ2) is 5.26. The summed E-state index contributed by atoms with van der Waals surface area (Å²) >= 11 is 0. The highest BCUT2D eigenvalue weighted by Crippen LogP contribution is 2.30. The second-order valence-electron chi connectivity index (χ2n) is 5.50. The van der Waals surface area contributed by atoms with Crippen molar-refractivity contribution in [3.05, 3.63) is 0 Å². The zero-order chi connectivity index (χ0) is 13.2. The van der Waals surface area contributed by atoms with E-state index in [1.54, 1.807) is 11.8 Å². The lowest BCUT2D eigenvalue weighted by molar-refractivity contribution is -0.155. The highest BCUT2D eigenvalue weighted by atomic mass is 16.5. The standard InChI is InChI=1S/C13H21NO4/c1-13(12(16)17)6-2-7-14(13)11(15)4-3-10-5-8-18-9-10/h10H,2-9H2,1H3,(H,16,17)/t10-,13-/m0/s1. The Kier molecular flexibility index (Phi) is 3.90. The summed E-state index contributed by atoms with van der Waals surface area (Å²) < 4.78 is 5.28. The Morgan fingerprint density at radius 2 is 2.28 bits per heavy atom. The molecule has 2 aliphatic rings. The van der Waals surface area contributed by atoms with E-state index in [0.717, 1.165) is 32.5 Å². The van der Waals surface area contributed by atoms with Gasteiger partial charge in [0, 0.05) is 26.2 Å². The molecule has 0 saturated carbocycles. The summed E-state index contributed by atoms with van der Waals surface area (Å²) in [6, 6.07) is 0. The number of hydrogen-bond acceptors (Lipinski definition) is 3. The van der Waals surface area contributed by atoms with Gasteiger partial charge < -0.3 is 14.7 Å². The van der Waals surface area contributed by atoms with Crippen LogP contribution in [-0.4, -0.2) is 47.2 Å². The Labute approximate surface area is 107 Å². The van der Waals surface area contributed by atoms with Crippen LogP contribution < -0.4 is 0 Å². The van der Waals surface area contributed by atoms with Gasteiger partial charge in [0.25, 0.3) is 0 Å². The number of carbonyl (C=O) groups is 2. The number of amides is 1. The zero-order valence-electron chi connectivity index (χ0n) is 10.9. The number of aliphatic carboxylic acids is 1. The topological polar surface area (TPSA) is 66.8 Å². The van der Waals surface area contributed by atoms with E-state index in [1.807, 2.05) is 0 Å². The van der Waals surface area contributed by atoms with Gasteiger partial charge in [0.1, 0.15) is 5.54 Å². The molecule has 2 saturated heterocycles. The minimum absolute atomic E-state index is 0.0238. The van der Waals surface area contributed by atoms with Gasteiger partial charge in [-0.2, -0.15) is 0 Å². The zero-order valence-corrected chi connectivity index (χ0v) is 10.9. The fourth-order valence-corrected chi connectivity index (χ4v) is 2.86. The van der Waals surface area contributed by atoms with Gasteiger partial charge in [-0.15, -0.1) is 0 Å². The fraction of sp³-hybridized carbons (Fsp3) is 0.846. The molecule has 5 heteroatoms. The van der Waals surface area contributed by atoms with Crippen molar-refractivity contribution < 1.29 is 19.4 Å². The monoisotopic (exact) mass is 255 g/mol. The van der Waals surface area contributed by atoms with Gasteiger partial charge in [-0.25, -0.2) is 4.79 Å². The van der Waals surface area contributed by atoms with E-state index in [1.165, 1.54) is 0 Å². The van der Waals surface area contributed by atoms with Gasteiger partial charge in [-0.3, -0.25) is 4.79 Å². The molecule has 2 fully saturated rings. The number of rotatable bonds is 4. The lowest BCUT2D eigenvalue weighted by Gasteiger charge is -2.31. The molecule has 1 amide bonds. The minimum atomic E-state index is -0.997. The normalized spacial score (nSPS) is 31.8. The molecule has 18 heavy (non-hydrogen) atoms. The molecule has 102 valence electrons. The van der Waals surface area contributed by atoms with Gasteiger partial charge in [0.2, 0.25) is 5.91 Å². The second-order valence-corrected chi connectivity index (χ2v) is 5.50. The van der Waals surface area contributed by atoms with E-state index in [2.05, 4.69) is 0 Å².